The predicted molar refractivity (Wildman–Crippen MR) is 494 cm³/mol. The number of aliphatic carboxylic acids is 1. The lowest BCUT2D eigenvalue weighted by Crippen LogP contribution is -2.58. The molecule has 0 amide bonds. The number of aliphatic hydroxyl groups excluding tert-OH is 8. The van der Waals surface area contributed by atoms with Gasteiger partial charge in [0.15, 0.2) is 0 Å². The molecule has 9 N–H and O–H groups in total. The number of hydrogen-bond acceptors (Lipinski definition) is 17. The van der Waals surface area contributed by atoms with E-state index in [-0.39, 0.29) is 117 Å². The normalized spacial score (nSPS) is 44.5. The van der Waals surface area contributed by atoms with Gasteiger partial charge < -0.3 is 64.9 Å². The van der Waals surface area contributed by atoms with Crippen LogP contribution >= 0.6 is 20.1 Å². The number of hydrogen-bond donors (Lipinski definition) is 9. The summed E-state index contributed by atoms with van der Waals surface area (Å²) in [4.78, 5) is 53.8. The highest BCUT2D eigenvalue weighted by Crippen LogP contribution is 2.73. The lowest BCUT2D eigenvalue weighted by molar-refractivity contribution is -0.156. The number of allylic oxidation sites excluding steroid dienone is 5. The second-order valence-corrected chi connectivity index (χ2v) is 49.6. The van der Waals surface area contributed by atoms with Gasteiger partial charge in [0.1, 0.15) is 0 Å². The van der Waals surface area contributed by atoms with Crippen molar-refractivity contribution in [3.63, 3.8) is 0 Å². The van der Waals surface area contributed by atoms with E-state index in [4.69, 9.17) is 34.7 Å². The van der Waals surface area contributed by atoms with Crippen LogP contribution in [0, 0.1) is 168 Å². The van der Waals surface area contributed by atoms with Crippen LogP contribution in [0.3, 0.4) is 0 Å². The number of methoxy groups -OCH3 is 4. The van der Waals surface area contributed by atoms with Crippen LogP contribution in [0.25, 0.3) is 0 Å². The molecule has 16 rings (SSSR count). The lowest BCUT2D eigenvalue weighted by atomic mass is 9.44. The van der Waals surface area contributed by atoms with Crippen LogP contribution in [0.5, 0.6) is 0 Å². The molecule has 0 aromatic rings. The van der Waals surface area contributed by atoms with Crippen LogP contribution in [0.15, 0.2) is 71.4 Å². The number of esters is 4. The van der Waals surface area contributed by atoms with Gasteiger partial charge in [-0.3, -0.25) is 9.59 Å². The third kappa shape index (κ3) is 20.6. The summed E-state index contributed by atoms with van der Waals surface area (Å²) < 4.78 is 17.7. The molecule has 0 saturated heterocycles. The Kier molecular flexibility index (Phi) is 35.2. The average molecular weight is 1800 g/mol. The number of ether oxygens (including phenoxy) is 4. The van der Waals surface area contributed by atoms with E-state index in [2.05, 4.69) is 130 Å². The van der Waals surface area contributed by atoms with Crippen LogP contribution in [0.1, 0.15) is 295 Å². The number of carboxylic acid groups (broad SMARTS) is 1. The van der Waals surface area contributed by atoms with Crippen molar-refractivity contribution in [2.45, 2.75) is 350 Å². The molecule has 0 aromatic heterocycles. The fourth-order valence-electron chi connectivity index (χ4n) is 31.7. The van der Waals surface area contributed by atoms with Gasteiger partial charge in [-0.05, 0) is 340 Å². The number of aliphatic hydroxyl groups is 8. The molecular weight excluding hydrogens is 1640 g/mol. The number of fused-ring (bicyclic) bond motifs is 20. The van der Waals surface area contributed by atoms with Crippen molar-refractivity contribution < 1.29 is 88.9 Å². The molecule has 13 saturated carbocycles. The zero-order valence-corrected chi connectivity index (χ0v) is 81.9. The highest BCUT2D eigenvalue weighted by molar-refractivity contribution is 7.33. The number of carbonyl (C=O) groups is 5. The van der Waals surface area contributed by atoms with Gasteiger partial charge in [-0.25, -0.2) is 34.5 Å². The molecule has 18 nitrogen and oxygen atoms in total. The van der Waals surface area contributed by atoms with Gasteiger partial charge in [0, 0.05) is 52.6 Å². The zero-order chi connectivity index (χ0) is 92.2. The average Bonchev–Trinajstić information content (AvgIpc) is 1.62. The minimum atomic E-state index is -1.19. The van der Waals surface area contributed by atoms with E-state index in [1.807, 2.05) is 11.9 Å². The van der Waals surface area contributed by atoms with E-state index in [1.54, 1.807) is 5.92 Å². The Morgan fingerprint density at radius 1 is 0.472 bits per heavy atom. The van der Waals surface area contributed by atoms with E-state index < -0.39 is 30.2 Å². The lowest BCUT2D eigenvalue weighted by Gasteiger charge is -2.62. The number of carbonyl (C=O) groups excluding carboxylic acids is 4. The largest absolute Gasteiger partial charge is 0.516 e. The maximum absolute atomic E-state index is 11.6. The molecule has 16 aliphatic carbocycles. The summed E-state index contributed by atoms with van der Waals surface area (Å²) in [6, 6.07) is 0. The van der Waals surface area contributed by atoms with Gasteiger partial charge in [0.25, 0.3) is 0 Å². The summed E-state index contributed by atoms with van der Waals surface area (Å²) in [6.07, 6.45) is 50.0. The molecule has 704 valence electrons. The van der Waals surface area contributed by atoms with E-state index in [1.165, 1.54) is 121 Å². The molecule has 21 heteroatoms. The van der Waals surface area contributed by atoms with Crippen molar-refractivity contribution in [1.82, 2.24) is 0 Å². The van der Waals surface area contributed by atoms with Crippen molar-refractivity contribution >= 4 is 62.3 Å². The van der Waals surface area contributed by atoms with Crippen LogP contribution in [-0.2, 0) is 42.9 Å². The van der Waals surface area contributed by atoms with Crippen molar-refractivity contribution in [3.05, 3.63) is 71.4 Å². The molecule has 12 unspecified atom stereocenters. The smallest absolute Gasteiger partial charge is 0.481 e. The minimum Gasteiger partial charge on any atom is -0.481 e. The quantitative estimate of drug-likeness (QED) is 0.0167. The predicted octanol–water partition coefficient (Wildman–Crippen LogP) is 19.2. The second-order valence-electron chi connectivity index (χ2n) is 43.9. The Morgan fingerprint density at radius 3 is 1.10 bits per heavy atom. The summed E-state index contributed by atoms with van der Waals surface area (Å²) in [5, 5.41) is 95.3. The van der Waals surface area contributed by atoms with Crippen LogP contribution in [-0.4, -0.2) is 165 Å². The summed E-state index contributed by atoms with van der Waals surface area (Å²) in [5.74, 6) is 11.7. The molecule has 16 aliphatic rings. The molecule has 0 bridgehead atoms. The number of halogens is 2. The zero-order valence-electron chi connectivity index (χ0n) is 79.3. The molecule has 0 heterocycles. The third-order valence-corrected chi connectivity index (χ3v) is 38.8. The van der Waals surface area contributed by atoms with Crippen molar-refractivity contribution in [2.24, 2.45) is 156 Å². The van der Waals surface area contributed by atoms with Gasteiger partial charge in [-0.1, -0.05) is 141 Å². The van der Waals surface area contributed by atoms with Crippen LogP contribution in [0.2, 0.25) is 5.79 Å². The molecule has 13 fully saturated rings. The Labute approximate surface area is 763 Å². The molecule has 0 radical (unpaired) electrons. The highest BCUT2D eigenvalue weighted by atomic mass is 35.7. The molecule has 0 spiro atoms. The second kappa shape index (κ2) is 42.6. The number of terminal acetylenes is 1. The van der Waals surface area contributed by atoms with Crippen LogP contribution in [0.4, 0.5) is 0 Å². The topological polar surface area (TPSA) is 304 Å². The Morgan fingerprint density at radius 2 is 0.800 bits per heavy atom. The van der Waals surface area contributed by atoms with Gasteiger partial charge in [0.05, 0.1) is 77.3 Å². The fourth-order valence-corrected chi connectivity index (χ4v) is 31.7. The SMILES string of the molecule is C#CC(=O)OC.C/C=C1\CCC2C3CC[C@@H]4C[C@H](O)CC[C@]4(C)C3C[C@H](O)[C@]12C.C=CC(=O)OC.COC(=O)/C=C\[C@@H](C)C1=CCC2C3CC[C@@H]4C[C@H](O)CC[C@]4(C)C3C[C@H](O)[C@]12C.COC(=O)CC[C@@H](C)C1=CCC2C3CC[C@@H]4C[C@H](O)CC[C@]4(C)C3C[C@H](O)[C@]12C.C[C@H](CCC(=O)O)C1=CCC2C3CC[C@@H]4C[C@H](O)CC[C@]4(C)C3C[C@H](O)[C@]12C.[CH3][Al]([Cl])[Cl]. The minimum absolute atomic E-state index is 0.0350. The van der Waals surface area contributed by atoms with Crippen molar-refractivity contribution in [1.29, 1.82) is 0 Å². The van der Waals surface area contributed by atoms with Gasteiger partial charge in [-0.15, -0.1) is 6.42 Å². The molecule has 125 heavy (non-hydrogen) atoms. The summed E-state index contributed by atoms with van der Waals surface area (Å²) in [7, 11) is 15.8. The van der Waals surface area contributed by atoms with Crippen molar-refractivity contribution in [3.8, 4) is 12.3 Å². The number of rotatable bonds is 12. The summed E-state index contributed by atoms with van der Waals surface area (Å²) in [5.41, 5.74) is 6.09. The Bertz CT molecular complexity index is 3920. The first kappa shape index (κ1) is 103. The van der Waals surface area contributed by atoms with Crippen LogP contribution < -0.4 is 0 Å². The first-order chi connectivity index (χ1) is 58.9. The van der Waals surface area contributed by atoms with Gasteiger partial charge >= 0.3 is 42.2 Å². The molecule has 0 aromatic carbocycles. The van der Waals surface area contributed by atoms with Crippen molar-refractivity contribution in [2.75, 3.05) is 28.4 Å². The molecular formula is C104H163AlCl2O18. The third-order valence-electron chi connectivity index (χ3n) is 38.8. The molecule has 35 atom stereocenters. The molecule has 0 aliphatic heterocycles. The summed E-state index contributed by atoms with van der Waals surface area (Å²) in [6.45, 7) is 30.8. The van der Waals surface area contributed by atoms with E-state index in [0.717, 1.165) is 140 Å². The van der Waals surface area contributed by atoms with E-state index >= 15 is 0 Å². The van der Waals surface area contributed by atoms with E-state index in [9.17, 15) is 64.8 Å². The Balaban J connectivity index is 0.000000164. The van der Waals surface area contributed by atoms with Gasteiger partial charge in [-0.2, -0.15) is 0 Å². The van der Waals surface area contributed by atoms with Gasteiger partial charge in [0.2, 0.25) is 0 Å². The fraction of sp³-hybridized carbons (Fsp3) is 0.817. The summed E-state index contributed by atoms with van der Waals surface area (Å²) >= 11 is -1.19. The standard InChI is InChI=1S/C25H40O4.C25H38O4.C24H38O4.C21H34O2.C4H6O2.C4H4O2.CH3.Al.2ClH/c2*1-15(5-10-23(28)29-4)19-8-9-20-18-7-6-16-13-17(26)11-12-24(16,2)21(18)14-22(27)25(19,20)3;1-14(4-9-22(27)28)18-7-8-19-17-6-5-15-12-16(25)10-11-23(15,2)20(17)13-21(26)24(18,19)3;1-4-13-6-8-17-16-7-5-14-11-15(22)9-10-20(14,2)18(16)12-19(23)21(13,17)3;2*1-3-4(5)6-2;;;;/h8,15-18,20-22,26-27H,5-7,9-14H2,1-4H3;5,8,10,15-18,20-22,26-27H,6-7,9,11-14H2,1-4H3;7,14-17,19-21,25-26H,4-6,8-13H2,1-3H3,(H,27,28);4,14-19,22-23H,5-12H2,1-3H3;3H,1H2,2H3;1H,2H3;1H3;;2*1H/q;;;;;;;+2;;/p-2/b;10-5-;;13-4+;;;;;;/t2*15-,16-,17-,18?,20?,21?,22+,24+,25-;14-,15-,16-,17?,19?,20?,21+,23+,24-;14-,15-,16?,17?,18?,19+,20+,21-;;;;;;/m1111....../s1. The Hall–Kier alpha value is -3.86. The first-order valence-corrected chi connectivity index (χ1v) is 53.3. The monoisotopic (exact) mass is 1800 g/mol. The highest BCUT2D eigenvalue weighted by Gasteiger charge is 2.67. The first-order valence-electron chi connectivity index (χ1n) is 48.7. The maximum atomic E-state index is 11.6. The maximum Gasteiger partial charge on any atom is 0.516 e. The number of carboxylic acids is 1. The van der Waals surface area contributed by atoms with E-state index in [0.29, 0.717) is 113 Å².